The molecule has 0 spiro atoms. The van der Waals surface area contributed by atoms with E-state index in [1.807, 2.05) is 53.1 Å². The van der Waals surface area contributed by atoms with Gasteiger partial charge in [0.15, 0.2) is 4.80 Å². The molecule has 0 aliphatic rings. The van der Waals surface area contributed by atoms with E-state index in [2.05, 4.69) is 10.9 Å². The van der Waals surface area contributed by atoms with Crippen LogP contribution in [0.1, 0.15) is 12.0 Å². The van der Waals surface area contributed by atoms with Gasteiger partial charge in [0.25, 0.3) is 0 Å². The summed E-state index contributed by atoms with van der Waals surface area (Å²) in [5.74, 6) is 2.44. The van der Waals surface area contributed by atoms with Crippen molar-refractivity contribution in [2.45, 2.75) is 19.4 Å². The van der Waals surface area contributed by atoms with Crippen molar-refractivity contribution in [1.82, 2.24) is 4.57 Å². The van der Waals surface area contributed by atoms with Crippen molar-refractivity contribution < 1.29 is 4.79 Å². The molecule has 0 saturated heterocycles. The number of fused-ring (bicyclic) bond motifs is 1. The van der Waals surface area contributed by atoms with Gasteiger partial charge in [0, 0.05) is 6.42 Å². The van der Waals surface area contributed by atoms with Gasteiger partial charge in [-0.2, -0.15) is 4.99 Å². The van der Waals surface area contributed by atoms with Gasteiger partial charge in [-0.1, -0.05) is 65.3 Å². The van der Waals surface area contributed by atoms with Crippen molar-refractivity contribution in [2.24, 2.45) is 4.99 Å². The molecule has 0 N–H and O–H groups in total. The summed E-state index contributed by atoms with van der Waals surface area (Å²) < 4.78 is 2.79. The number of amides is 1. The maximum absolute atomic E-state index is 12.2. The Hall–Kier alpha value is -2.35. The molecule has 3 rings (SSSR count). The van der Waals surface area contributed by atoms with Gasteiger partial charge in [-0.25, -0.2) is 0 Å². The Morgan fingerprint density at radius 1 is 1.21 bits per heavy atom. The number of halogens is 1. The smallest absolute Gasteiger partial charge is 0.248 e. The van der Waals surface area contributed by atoms with E-state index in [9.17, 15) is 4.79 Å². The lowest BCUT2D eigenvalue weighted by molar-refractivity contribution is -0.118. The summed E-state index contributed by atoms with van der Waals surface area (Å²) in [5, 5.41) is 0.609. The number of hydrogen-bond donors (Lipinski definition) is 0. The minimum Gasteiger partial charge on any atom is -0.303 e. The Morgan fingerprint density at radius 3 is 2.75 bits per heavy atom. The van der Waals surface area contributed by atoms with Crippen LogP contribution in [0.2, 0.25) is 5.02 Å². The lowest BCUT2D eigenvalue weighted by Gasteiger charge is -2.01. The number of aryl methyl sites for hydroxylation is 1. The van der Waals surface area contributed by atoms with E-state index in [0.717, 1.165) is 15.8 Å². The average molecular weight is 355 g/mol. The number of benzene rings is 2. The molecule has 0 unspecified atom stereocenters. The average Bonchev–Trinajstić information content (AvgIpc) is 2.93. The molecule has 0 aliphatic carbocycles. The summed E-state index contributed by atoms with van der Waals surface area (Å²) in [7, 11) is 0. The first-order valence-electron chi connectivity index (χ1n) is 7.52. The number of hydrogen-bond acceptors (Lipinski definition) is 2. The second-order valence-electron chi connectivity index (χ2n) is 5.25. The topological polar surface area (TPSA) is 34.4 Å². The molecule has 24 heavy (non-hydrogen) atoms. The van der Waals surface area contributed by atoms with Crippen LogP contribution in [0.15, 0.2) is 53.5 Å². The molecule has 120 valence electrons. The molecule has 2 aromatic carbocycles. The lowest BCUT2D eigenvalue weighted by Crippen LogP contribution is -2.16. The number of nitrogens with zero attached hydrogens (tertiary/aromatic N) is 2. The van der Waals surface area contributed by atoms with Gasteiger partial charge >= 0.3 is 0 Å². The van der Waals surface area contributed by atoms with Crippen LogP contribution >= 0.6 is 22.9 Å². The summed E-state index contributed by atoms with van der Waals surface area (Å²) in [6.45, 7) is 0.328. The fraction of sp³-hybridized carbons (Fsp3) is 0.158. The quantitative estimate of drug-likeness (QED) is 0.651. The fourth-order valence-electron chi connectivity index (χ4n) is 2.47. The Balaban J connectivity index is 1.91. The van der Waals surface area contributed by atoms with E-state index < -0.39 is 0 Å². The zero-order chi connectivity index (χ0) is 16.9. The minimum atomic E-state index is -0.160. The van der Waals surface area contributed by atoms with Crippen molar-refractivity contribution in [3.8, 4) is 12.3 Å². The van der Waals surface area contributed by atoms with E-state index in [1.54, 1.807) is 0 Å². The highest BCUT2D eigenvalue weighted by Gasteiger charge is 2.10. The highest BCUT2D eigenvalue weighted by molar-refractivity contribution is 7.16. The molecule has 3 nitrogen and oxygen atoms in total. The minimum absolute atomic E-state index is 0.160. The number of para-hydroxylation sites is 1. The van der Waals surface area contributed by atoms with E-state index in [0.29, 0.717) is 29.2 Å². The SMILES string of the molecule is C#CCn1c(=NC(=O)CCc2ccccc2)sc2cccc(Cl)c21. The molecule has 0 saturated carbocycles. The Bertz CT molecular complexity index is 980. The van der Waals surface area contributed by atoms with E-state index >= 15 is 0 Å². The first kappa shape index (κ1) is 16.5. The highest BCUT2D eigenvalue weighted by Crippen LogP contribution is 2.25. The van der Waals surface area contributed by atoms with Crippen LogP contribution < -0.4 is 4.80 Å². The largest absolute Gasteiger partial charge is 0.303 e. The van der Waals surface area contributed by atoms with Gasteiger partial charge in [0.05, 0.1) is 21.8 Å². The van der Waals surface area contributed by atoms with Gasteiger partial charge in [-0.05, 0) is 24.1 Å². The summed E-state index contributed by atoms with van der Waals surface area (Å²) in [6.07, 6.45) is 6.49. The standard InChI is InChI=1S/C19H15ClN2OS/c1-2-13-22-18-15(20)9-6-10-16(18)24-19(22)21-17(23)12-11-14-7-4-3-5-8-14/h1,3-10H,11-13H2. The lowest BCUT2D eigenvalue weighted by atomic mass is 10.1. The first-order chi connectivity index (χ1) is 11.7. The molecule has 0 radical (unpaired) electrons. The number of thiazole rings is 1. The van der Waals surface area contributed by atoms with Crippen molar-refractivity contribution in [1.29, 1.82) is 0 Å². The molecular formula is C19H15ClN2OS. The van der Waals surface area contributed by atoms with E-state index in [1.165, 1.54) is 11.3 Å². The third-order valence-corrected chi connectivity index (χ3v) is 4.94. The molecular weight excluding hydrogens is 340 g/mol. The monoisotopic (exact) mass is 354 g/mol. The van der Waals surface area contributed by atoms with Gasteiger partial charge < -0.3 is 4.57 Å². The highest BCUT2D eigenvalue weighted by atomic mass is 35.5. The molecule has 0 bridgehead atoms. The number of carbonyl (C=O) groups is 1. The number of rotatable bonds is 4. The summed E-state index contributed by atoms with van der Waals surface area (Å²) >= 11 is 7.70. The second-order valence-corrected chi connectivity index (χ2v) is 6.67. The van der Waals surface area contributed by atoms with Crippen LogP contribution in [-0.2, 0) is 17.8 Å². The number of terminal acetylenes is 1. The van der Waals surface area contributed by atoms with Crippen LogP contribution in [0.25, 0.3) is 10.2 Å². The van der Waals surface area contributed by atoms with Crippen LogP contribution in [0.3, 0.4) is 0 Å². The maximum atomic E-state index is 12.2. The Labute approximate surface area is 149 Å². The van der Waals surface area contributed by atoms with E-state index in [4.69, 9.17) is 18.0 Å². The summed E-state index contributed by atoms with van der Waals surface area (Å²) in [5.41, 5.74) is 1.95. The summed E-state index contributed by atoms with van der Waals surface area (Å²) in [6, 6.07) is 15.5. The van der Waals surface area contributed by atoms with Gasteiger partial charge in [0.1, 0.15) is 0 Å². The molecule has 1 amide bonds. The molecule has 1 aromatic heterocycles. The van der Waals surface area contributed by atoms with Gasteiger partial charge in [-0.15, -0.1) is 6.42 Å². The van der Waals surface area contributed by atoms with Gasteiger partial charge in [0.2, 0.25) is 5.91 Å². The van der Waals surface area contributed by atoms with Crippen LogP contribution in [0.4, 0.5) is 0 Å². The third-order valence-electron chi connectivity index (χ3n) is 3.59. The van der Waals surface area contributed by atoms with Crippen LogP contribution in [0.5, 0.6) is 0 Å². The predicted molar refractivity (Wildman–Crippen MR) is 99.0 cm³/mol. The van der Waals surface area contributed by atoms with Crippen molar-refractivity contribution in [2.75, 3.05) is 0 Å². The molecule has 1 heterocycles. The Morgan fingerprint density at radius 2 is 2.00 bits per heavy atom. The molecule has 3 aromatic rings. The van der Waals surface area contributed by atoms with Crippen molar-refractivity contribution in [3.05, 3.63) is 63.9 Å². The zero-order valence-electron chi connectivity index (χ0n) is 12.9. The van der Waals surface area contributed by atoms with Crippen molar-refractivity contribution in [3.63, 3.8) is 0 Å². The van der Waals surface area contributed by atoms with E-state index in [-0.39, 0.29) is 5.91 Å². The summed E-state index contributed by atoms with van der Waals surface area (Å²) in [4.78, 5) is 17.1. The molecule has 0 fully saturated rings. The predicted octanol–water partition coefficient (Wildman–Crippen LogP) is 4.05. The normalized spacial score (nSPS) is 11.6. The second kappa shape index (κ2) is 7.48. The van der Waals surface area contributed by atoms with Crippen molar-refractivity contribution >= 4 is 39.1 Å². The first-order valence-corrected chi connectivity index (χ1v) is 8.71. The van der Waals surface area contributed by atoms with Crippen LogP contribution in [-0.4, -0.2) is 10.5 Å². The number of aromatic nitrogens is 1. The van der Waals surface area contributed by atoms with Gasteiger partial charge in [-0.3, -0.25) is 4.79 Å². The molecule has 5 heteroatoms. The molecule has 0 atom stereocenters. The Kier molecular flexibility index (Phi) is 5.14. The molecule has 0 aliphatic heterocycles. The fourth-order valence-corrected chi connectivity index (χ4v) is 3.87. The number of carbonyl (C=O) groups excluding carboxylic acids is 1. The van der Waals surface area contributed by atoms with Crippen LogP contribution in [0, 0.1) is 12.3 Å². The maximum Gasteiger partial charge on any atom is 0.248 e. The third kappa shape index (κ3) is 3.59. The zero-order valence-corrected chi connectivity index (χ0v) is 14.5.